The third kappa shape index (κ3) is 3.41. The Bertz CT molecular complexity index is 780. The Hall–Kier alpha value is -2.14. The van der Waals surface area contributed by atoms with Gasteiger partial charge in [-0.3, -0.25) is 14.5 Å². The zero-order valence-electron chi connectivity index (χ0n) is 16.2. The van der Waals surface area contributed by atoms with Gasteiger partial charge in [0.25, 0.3) is 0 Å². The Labute approximate surface area is 161 Å². The van der Waals surface area contributed by atoms with Gasteiger partial charge in [-0.2, -0.15) is 0 Å². The average Bonchev–Trinajstić information content (AvgIpc) is 2.97. The van der Waals surface area contributed by atoms with Crippen LogP contribution in [0.25, 0.3) is 0 Å². The Morgan fingerprint density at radius 1 is 1.07 bits per heavy atom. The van der Waals surface area contributed by atoms with Crippen LogP contribution in [0.4, 0.5) is 5.69 Å². The van der Waals surface area contributed by atoms with Crippen molar-refractivity contribution in [3.8, 4) is 0 Å². The topological polar surface area (TPSA) is 49.9 Å². The van der Waals surface area contributed by atoms with E-state index in [9.17, 15) is 9.59 Å². The van der Waals surface area contributed by atoms with E-state index >= 15 is 0 Å². The number of morpholine rings is 1. The second-order valence-electron chi connectivity index (χ2n) is 7.93. The first-order chi connectivity index (χ1) is 13.1. The van der Waals surface area contributed by atoms with Gasteiger partial charge in [-0.05, 0) is 44.7 Å². The van der Waals surface area contributed by atoms with Crippen molar-refractivity contribution in [3.63, 3.8) is 0 Å². The van der Waals surface area contributed by atoms with Crippen LogP contribution in [0.5, 0.6) is 0 Å². The van der Waals surface area contributed by atoms with Gasteiger partial charge in [0.15, 0.2) is 0 Å². The predicted octanol–water partition coefficient (Wildman–Crippen LogP) is 3.20. The number of imide groups is 1. The fourth-order valence-corrected chi connectivity index (χ4v) is 4.76. The minimum atomic E-state index is -0.243. The van der Waals surface area contributed by atoms with Crippen LogP contribution in [0.3, 0.4) is 0 Å². The molecule has 2 fully saturated rings. The van der Waals surface area contributed by atoms with Gasteiger partial charge in [-0.15, -0.1) is 0 Å². The molecule has 2 atom stereocenters. The van der Waals surface area contributed by atoms with Crippen LogP contribution in [0.15, 0.2) is 30.0 Å². The van der Waals surface area contributed by atoms with E-state index in [1.54, 1.807) is 0 Å². The zero-order valence-corrected chi connectivity index (χ0v) is 16.2. The zero-order chi connectivity index (χ0) is 19.0. The molecule has 0 unspecified atom stereocenters. The molecule has 2 aliphatic heterocycles. The first-order valence-corrected chi connectivity index (χ1v) is 10.0. The molecule has 27 heavy (non-hydrogen) atoms. The molecule has 144 valence electrons. The first-order valence-electron chi connectivity index (χ1n) is 10.0. The SMILES string of the molecule is Cc1ccc(N2C(=O)C[C@H]([C@H]3CCCC=C3N3CCOCC3)C2=O)c(C)c1. The van der Waals surface area contributed by atoms with Crippen molar-refractivity contribution in [1.82, 2.24) is 4.90 Å². The summed E-state index contributed by atoms with van der Waals surface area (Å²) in [6.45, 7) is 7.20. The number of nitrogens with zero attached hydrogens (tertiary/aromatic N) is 2. The maximum absolute atomic E-state index is 13.3. The Morgan fingerprint density at radius 2 is 1.85 bits per heavy atom. The van der Waals surface area contributed by atoms with Crippen LogP contribution in [0.1, 0.15) is 36.8 Å². The van der Waals surface area contributed by atoms with E-state index in [1.807, 2.05) is 32.0 Å². The van der Waals surface area contributed by atoms with Crippen LogP contribution in [-0.4, -0.2) is 43.0 Å². The van der Waals surface area contributed by atoms with Gasteiger partial charge in [0.05, 0.1) is 24.8 Å². The molecule has 0 spiro atoms. The quantitative estimate of drug-likeness (QED) is 0.769. The number of benzene rings is 1. The van der Waals surface area contributed by atoms with Gasteiger partial charge in [-0.1, -0.05) is 23.8 Å². The molecular formula is C22H28N2O3. The summed E-state index contributed by atoms with van der Waals surface area (Å²) in [5, 5.41) is 0. The largest absolute Gasteiger partial charge is 0.378 e. The van der Waals surface area contributed by atoms with Crippen molar-refractivity contribution in [1.29, 1.82) is 0 Å². The van der Waals surface area contributed by atoms with Gasteiger partial charge < -0.3 is 9.64 Å². The van der Waals surface area contributed by atoms with Crippen LogP contribution in [-0.2, 0) is 14.3 Å². The molecule has 2 amide bonds. The highest BCUT2D eigenvalue weighted by Crippen LogP contribution is 2.41. The molecule has 2 saturated heterocycles. The van der Waals surface area contributed by atoms with Crippen molar-refractivity contribution in [2.24, 2.45) is 11.8 Å². The van der Waals surface area contributed by atoms with Gasteiger partial charge >= 0.3 is 0 Å². The monoisotopic (exact) mass is 368 g/mol. The van der Waals surface area contributed by atoms with E-state index in [-0.39, 0.29) is 23.7 Å². The fraction of sp³-hybridized carbons (Fsp3) is 0.545. The Kier molecular flexibility index (Phi) is 5.04. The summed E-state index contributed by atoms with van der Waals surface area (Å²) >= 11 is 0. The van der Waals surface area contributed by atoms with E-state index in [1.165, 1.54) is 10.6 Å². The van der Waals surface area contributed by atoms with Crippen LogP contribution in [0.2, 0.25) is 0 Å². The third-order valence-electron chi connectivity index (χ3n) is 6.09. The van der Waals surface area contributed by atoms with Gasteiger partial charge in [0, 0.05) is 31.1 Å². The van der Waals surface area contributed by atoms with Gasteiger partial charge in [-0.25, -0.2) is 0 Å². The average molecular weight is 368 g/mol. The van der Waals surface area contributed by atoms with Crippen molar-refractivity contribution < 1.29 is 14.3 Å². The molecular weight excluding hydrogens is 340 g/mol. The molecule has 0 aromatic heterocycles. The highest BCUT2D eigenvalue weighted by molar-refractivity contribution is 6.21. The number of carbonyl (C=O) groups is 2. The number of amides is 2. The van der Waals surface area contributed by atoms with E-state index < -0.39 is 0 Å². The lowest BCUT2D eigenvalue weighted by molar-refractivity contribution is -0.123. The smallest absolute Gasteiger partial charge is 0.238 e. The van der Waals surface area contributed by atoms with Crippen LogP contribution in [0, 0.1) is 25.7 Å². The molecule has 0 saturated carbocycles. The van der Waals surface area contributed by atoms with Gasteiger partial charge in [0.1, 0.15) is 0 Å². The maximum atomic E-state index is 13.3. The summed E-state index contributed by atoms with van der Waals surface area (Å²) in [6, 6.07) is 5.90. The fourth-order valence-electron chi connectivity index (χ4n) is 4.76. The second kappa shape index (κ2) is 7.47. The van der Waals surface area contributed by atoms with Crippen LogP contribution < -0.4 is 4.90 Å². The molecule has 0 bridgehead atoms. The molecule has 3 aliphatic rings. The number of carbonyl (C=O) groups excluding carboxylic acids is 2. The lowest BCUT2D eigenvalue weighted by Crippen LogP contribution is -2.41. The summed E-state index contributed by atoms with van der Waals surface area (Å²) in [5.41, 5.74) is 4.12. The summed E-state index contributed by atoms with van der Waals surface area (Å²) in [5.74, 6) is -0.196. The van der Waals surface area contributed by atoms with E-state index in [2.05, 4.69) is 11.0 Å². The summed E-state index contributed by atoms with van der Waals surface area (Å²) in [6.07, 6.45) is 5.72. The molecule has 0 N–H and O–H groups in total. The standard InChI is InChI=1S/C22H28N2O3/c1-15-7-8-19(16(2)13-15)24-21(25)14-18(22(24)26)17-5-3-4-6-20(17)23-9-11-27-12-10-23/h6-8,13,17-18H,3-5,9-12,14H2,1-2H3/t17-,18-/m1/s1. The van der Waals surface area contributed by atoms with E-state index in [0.29, 0.717) is 6.42 Å². The normalized spacial score (nSPS) is 26.5. The number of hydrogen-bond donors (Lipinski definition) is 0. The molecule has 5 nitrogen and oxygen atoms in total. The van der Waals surface area contributed by atoms with Crippen molar-refractivity contribution >= 4 is 17.5 Å². The molecule has 5 heteroatoms. The third-order valence-corrected chi connectivity index (χ3v) is 6.09. The number of ether oxygens (including phenoxy) is 1. The van der Waals surface area contributed by atoms with Crippen molar-refractivity contribution in [2.45, 2.75) is 39.5 Å². The first kappa shape index (κ1) is 18.2. The minimum absolute atomic E-state index is 0.0296. The lowest BCUT2D eigenvalue weighted by Gasteiger charge is -2.38. The van der Waals surface area contributed by atoms with Crippen LogP contribution >= 0.6 is 0 Å². The molecule has 1 aromatic rings. The Balaban J connectivity index is 1.60. The molecule has 4 rings (SSSR count). The molecule has 1 aliphatic carbocycles. The number of hydrogen-bond acceptors (Lipinski definition) is 4. The molecule has 1 aromatic carbocycles. The minimum Gasteiger partial charge on any atom is -0.378 e. The Morgan fingerprint density at radius 3 is 2.59 bits per heavy atom. The number of anilines is 1. The van der Waals surface area contributed by atoms with Gasteiger partial charge in [0.2, 0.25) is 11.8 Å². The number of rotatable bonds is 3. The number of allylic oxidation sites excluding steroid dienone is 2. The highest BCUT2D eigenvalue weighted by Gasteiger charge is 2.46. The second-order valence-corrected chi connectivity index (χ2v) is 7.93. The molecule has 0 radical (unpaired) electrons. The summed E-state index contributed by atoms with van der Waals surface area (Å²) < 4.78 is 5.49. The summed E-state index contributed by atoms with van der Waals surface area (Å²) in [7, 11) is 0. The van der Waals surface area contributed by atoms with E-state index in [4.69, 9.17) is 4.74 Å². The predicted molar refractivity (Wildman–Crippen MR) is 104 cm³/mol. The summed E-state index contributed by atoms with van der Waals surface area (Å²) in [4.78, 5) is 29.9. The highest BCUT2D eigenvalue weighted by atomic mass is 16.5. The molecule has 2 heterocycles. The van der Waals surface area contributed by atoms with E-state index in [0.717, 1.165) is 62.4 Å². The number of aryl methyl sites for hydroxylation is 2. The lowest BCUT2D eigenvalue weighted by atomic mass is 9.80. The van der Waals surface area contributed by atoms with Crippen molar-refractivity contribution in [2.75, 3.05) is 31.2 Å². The van der Waals surface area contributed by atoms with Crippen molar-refractivity contribution in [3.05, 3.63) is 41.1 Å². The maximum Gasteiger partial charge on any atom is 0.238 e.